The van der Waals surface area contributed by atoms with Crippen LogP contribution in [0.2, 0.25) is 0 Å². The van der Waals surface area contributed by atoms with Crippen LogP contribution in [0.15, 0.2) is 70.2 Å². The fraction of sp³-hybridized carbons (Fsp3) is 0.130. The number of esters is 1. The van der Waals surface area contributed by atoms with Gasteiger partial charge in [0, 0.05) is 23.7 Å². The van der Waals surface area contributed by atoms with Crippen LogP contribution in [-0.4, -0.2) is 30.6 Å². The Balaban J connectivity index is 1.61. The van der Waals surface area contributed by atoms with Gasteiger partial charge < -0.3 is 14.5 Å². The Bertz CT molecular complexity index is 1120. The van der Waals surface area contributed by atoms with Gasteiger partial charge in [0.05, 0.1) is 18.4 Å². The molecule has 8 heteroatoms. The van der Waals surface area contributed by atoms with Crippen molar-refractivity contribution in [3.8, 4) is 11.3 Å². The van der Waals surface area contributed by atoms with Crippen LogP contribution in [0.5, 0.6) is 0 Å². The molecule has 0 bridgehead atoms. The Kier molecular flexibility index (Phi) is 6.95. The molecule has 2 aromatic carbocycles. The predicted molar refractivity (Wildman–Crippen MR) is 116 cm³/mol. The standard InChI is InChI=1S/C23H21N3O5/c1-3-30-23(29)17-9-7-16(8-10-17)21-12-11-20(31-21)14-24-26-22(28)18-5-4-6-19(13-18)25-15(2)27/h4-14H,3H2,1-2H3,(H,25,27)(H,26,28)/b24-14-. The number of furan rings is 1. The van der Waals surface area contributed by atoms with E-state index >= 15 is 0 Å². The molecule has 3 rings (SSSR count). The Hall–Kier alpha value is -4.20. The lowest BCUT2D eigenvalue weighted by Gasteiger charge is -2.04. The lowest BCUT2D eigenvalue weighted by molar-refractivity contribution is -0.114. The van der Waals surface area contributed by atoms with Gasteiger partial charge in [-0.25, -0.2) is 10.2 Å². The zero-order valence-corrected chi connectivity index (χ0v) is 17.0. The highest BCUT2D eigenvalue weighted by molar-refractivity contribution is 5.97. The highest BCUT2D eigenvalue weighted by atomic mass is 16.5. The SMILES string of the molecule is CCOC(=O)c1ccc(-c2ccc(/C=N\NC(=O)c3cccc(NC(C)=O)c3)o2)cc1. The van der Waals surface area contributed by atoms with Crippen molar-refractivity contribution < 1.29 is 23.5 Å². The van der Waals surface area contributed by atoms with Gasteiger partial charge in [0.15, 0.2) is 0 Å². The molecule has 0 aliphatic rings. The highest BCUT2D eigenvalue weighted by Gasteiger charge is 2.09. The maximum absolute atomic E-state index is 12.2. The van der Waals surface area contributed by atoms with E-state index < -0.39 is 5.91 Å². The molecule has 0 aliphatic carbocycles. The number of hydrazone groups is 1. The molecule has 158 valence electrons. The number of anilines is 1. The molecule has 1 heterocycles. The highest BCUT2D eigenvalue weighted by Crippen LogP contribution is 2.22. The molecule has 3 aromatic rings. The molecule has 1 aromatic heterocycles. The summed E-state index contributed by atoms with van der Waals surface area (Å²) in [5.41, 5.74) is 4.54. The Morgan fingerprint density at radius 2 is 1.81 bits per heavy atom. The van der Waals surface area contributed by atoms with Gasteiger partial charge in [-0.05, 0) is 49.4 Å². The number of carbonyl (C=O) groups is 3. The normalized spacial score (nSPS) is 10.6. The number of amides is 2. The molecule has 0 aliphatic heterocycles. The van der Waals surface area contributed by atoms with Crippen LogP contribution in [-0.2, 0) is 9.53 Å². The third-order valence-corrected chi connectivity index (χ3v) is 4.11. The van der Waals surface area contributed by atoms with E-state index in [1.165, 1.54) is 13.1 Å². The van der Waals surface area contributed by atoms with E-state index in [-0.39, 0.29) is 11.9 Å². The van der Waals surface area contributed by atoms with Crippen LogP contribution in [0, 0.1) is 0 Å². The number of ether oxygens (including phenoxy) is 1. The topological polar surface area (TPSA) is 110 Å². The van der Waals surface area contributed by atoms with E-state index in [1.54, 1.807) is 67.6 Å². The zero-order chi connectivity index (χ0) is 22.2. The van der Waals surface area contributed by atoms with E-state index in [0.717, 1.165) is 5.56 Å². The zero-order valence-electron chi connectivity index (χ0n) is 17.0. The van der Waals surface area contributed by atoms with E-state index in [0.29, 0.717) is 34.9 Å². The summed E-state index contributed by atoms with van der Waals surface area (Å²) in [4.78, 5) is 35.1. The Morgan fingerprint density at radius 1 is 1.03 bits per heavy atom. The minimum absolute atomic E-state index is 0.222. The summed E-state index contributed by atoms with van der Waals surface area (Å²) in [6.07, 6.45) is 1.38. The fourth-order valence-electron chi connectivity index (χ4n) is 2.72. The van der Waals surface area contributed by atoms with Crippen molar-refractivity contribution in [1.82, 2.24) is 5.43 Å². The first-order chi connectivity index (χ1) is 15.0. The molecule has 31 heavy (non-hydrogen) atoms. The van der Waals surface area contributed by atoms with Crippen LogP contribution >= 0.6 is 0 Å². The maximum Gasteiger partial charge on any atom is 0.338 e. The molecule has 0 spiro atoms. The second-order valence-corrected chi connectivity index (χ2v) is 6.46. The van der Waals surface area contributed by atoms with Crippen LogP contribution < -0.4 is 10.7 Å². The van der Waals surface area contributed by atoms with Crippen molar-refractivity contribution in [2.45, 2.75) is 13.8 Å². The summed E-state index contributed by atoms with van der Waals surface area (Å²) >= 11 is 0. The largest absolute Gasteiger partial charge is 0.462 e. The molecule has 2 amide bonds. The summed E-state index contributed by atoms with van der Waals surface area (Å²) in [5, 5.41) is 6.52. The summed E-state index contributed by atoms with van der Waals surface area (Å²) in [6, 6.07) is 16.8. The minimum Gasteiger partial charge on any atom is -0.462 e. The van der Waals surface area contributed by atoms with Gasteiger partial charge >= 0.3 is 5.97 Å². The average Bonchev–Trinajstić information content (AvgIpc) is 3.22. The lowest BCUT2D eigenvalue weighted by atomic mass is 10.1. The van der Waals surface area contributed by atoms with E-state index in [2.05, 4.69) is 15.8 Å². The molecule has 0 fully saturated rings. The van der Waals surface area contributed by atoms with Crippen LogP contribution in [0.4, 0.5) is 5.69 Å². The molecule has 0 saturated heterocycles. The van der Waals surface area contributed by atoms with Gasteiger partial charge in [0.1, 0.15) is 11.5 Å². The minimum atomic E-state index is -0.426. The number of nitrogens with one attached hydrogen (secondary N) is 2. The Morgan fingerprint density at radius 3 is 2.52 bits per heavy atom. The second-order valence-electron chi connectivity index (χ2n) is 6.46. The van der Waals surface area contributed by atoms with Crippen LogP contribution in [0.3, 0.4) is 0 Å². The number of benzene rings is 2. The van der Waals surface area contributed by atoms with Gasteiger partial charge in [-0.2, -0.15) is 5.10 Å². The van der Waals surface area contributed by atoms with Crippen molar-refractivity contribution in [3.63, 3.8) is 0 Å². The van der Waals surface area contributed by atoms with E-state index in [1.807, 2.05) is 0 Å². The van der Waals surface area contributed by atoms with Crippen molar-refractivity contribution in [2.75, 3.05) is 11.9 Å². The molecular weight excluding hydrogens is 398 g/mol. The van der Waals surface area contributed by atoms with Crippen molar-refractivity contribution in [3.05, 3.63) is 77.6 Å². The summed E-state index contributed by atoms with van der Waals surface area (Å²) in [6.45, 7) is 3.46. The first-order valence-corrected chi connectivity index (χ1v) is 9.54. The van der Waals surface area contributed by atoms with Gasteiger partial charge in [-0.15, -0.1) is 0 Å². The van der Waals surface area contributed by atoms with Gasteiger partial charge in [0.2, 0.25) is 5.91 Å². The number of carbonyl (C=O) groups excluding carboxylic acids is 3. The molecule has 2 N–H and O–H groups in total. The molecule has 0 atom stereocenters. The van der Waals surface area contributed by atoms with Crippen molar-refractivity contribution in [1.29, 1.82) is 0 Å². The molecule has 8 nitrogen and oxygen atoms in total. The fourth-order valence-corrected chi connectivity index (χ4v) is 2.72. The molecule has 0 unspecified atom stereocenters. The summed E-state index contributed by atoms with van der Waals surface area (Å²) in [7, 11) is 0. The molecule has 0 radical (unpaired) electrons. The third-order valence-electron chi connectivity index (χ3n) is 4.11. The third kappa shape index (κ3) is 5.89. The van der Waals surface area contributed by atoms with Crippen LogP contribution in [0.1, 0.15) is 40.3 Å². The van der Waals surface area contributed by atoms with Crippen molar-refractivity contribution >= 4 is 29.7 Å². The first kappa shape index (κ1) is 21.5. The summed E-state index contributed by atoms with van der Waals surface area (Å²) < 4.78 is 10.7. The quantitative estimate of drug-likeness (QED) is 0.343. The predicted octanol–water partition coefficient (Wildman–Crippen LogP) is 3.85. The lowest BCUT2D eigenvalue weighted by Crippen LogP contribution is -2.18. The number of hydrogen-bond donors (Lipinski definition) is 2. The van der Waals surface area contributed by atoms with Gasteiger partial charge in [-0.3, -0.25) is 9.59 Å². The van der Waals surface area contributed by atoms with E-state index in [9.17, 15) is 14.4 Å². The van der Waals surface area contributed by atoms with E-state index in [4.69, 9.17) is 9.15 Å². The number of rotatable bonds is 7. The van der Waals surface area contributed by atoms with Crippen molar-refractivity contribution in [2.24, 2.45) is 5.10 Å². The number of hydrogen-bond acceptors (Lipinski definition) is 6. The van der Waals surface area contributed by atoms with Gasteiger partial charge in [0.25, 0.3) is 5.91 Å². The summed E-state index contributed by atoms with van der Waals surface area (Å²) in [5.74, 6) is 0.00662. The number of nitrogens with zero attached hydrogens (tertiary/aromatic N) is 1. The van der Waals surface area contributed by atoms with Gasteiger partial charge in [-0.1, -0.05) is 18.2 Å². The molecule has 0 saturated carbocycles. The Labute approximate surface area is 178 Å². The monoisotopic (exact) mass is 419 g/mol. The van der Waals surface area contributed by atoms with Crippen LogP contribution in [0.25, 0.3) is 11.3 Å². The average molecular weight is 419 g/mol. The second kappa shape index (κ2) is 10.0. The molecular formula is C23H21N3O5. The maximum atomic E-state index is 12.2. The first-order valence-electron chi connectivity index (χ1n) is 9.54. The smallest absolute Gasteiger partial charge is 0.338 e.